The van der Waals surface area contributed by atoms with E-state index in [1.54, 1.807) is 23.1 Å². The van der Waals surface area contributed by atoms with Crippen LogP contribution < -0.4 is 5.32 Å². The van der Waals surface area contributed by atoms with E-state index in [0.717, 1.165) is 5.56 Å². The molecule has 148 valence electrons. The molecule has 3 atom stereocenters. The summed E-state index contributed by atoms with van der Waals surface area (Å²) < 4.78 is 26.8. The van der Waals surface area contributed by atoms with Crippen molar-refractivity contribution >= 4 is 21.8 Å². The Morgan fingerprint density at radius 1 is 1.15 bits per heavy atom. The number of hydrogen-bond donors (Lipinski definition) is 1. The third-order valence-electron chi connectivity index (χ3n) is 5.54. The summed E-state index contributed by atoms with van der Waals surface area (Å²) in [7, 11) is -3.31. The van der Waals surface area contributed by atoms with Crippen molar-refractivity contribution in [1.29, 1.82) is 0 Å². The van der Waals surface area contributed by atoms with Crippen molar-refractivity contribution < 1.29 is 18.0 Å². The van der Waals surface area contributed by atoms with Crippen LogP contribution in [0, 0.1) is 11.8 Å². The van der Waals surface area contributed by atoms with E-state index in [1.165, 1.54) is 6.92 Å². The van der Waals surface area contributed by atoms with Crippen molar-refractivity contribution in [1.82, 2.24) is 14.5 Å². The average molecular weight is 394 g/mol. The Morgan fingerprint density at radius 3 is 2.41 bits per heavy atom. The molecule has 27 heavy (non-hydrogen) atoms. The maximum atomic E-state index is 12.7. The normalized spacial score (nSPS) is 25.6. The molecule has 2 aliphatic rings. The van der Waals surface area contributed by atoms with Crippen LogP contribution in [-0.4, -0.2) is 60.9 Å². The van der Waals surface area contributed by atoms with Crippen LogP contribution in [0.3, 0.4) is 0 Å². The largest absolute Gasteiger partial charge is 0.347 e. The lowest BCUT2D eigenvalue weighted by molar-refractivity contribution is -0.133. The number of hydrogen-bond acceptors (Lipinski definition) is 4. The summed E-state index contributed by atoms with van der Waals surface area (Å²) in [6.45, 7) is 6.12. The Labute approximate surface area is 160 Å². The van der Waals surface area contributed by atoms with Gasteiger partial charge in [0.2, 0.25) is 21.8 Å². The Balaban J connectivity index is 1.86. The van der Waals surface area contributed by atoms with E-state index < -0.39 is 15.3 Å². The Kier molecular flexibility index (Phi) is 5.58. The van der Waals surface area contributed by atoms with E-state index >= 15 is 0 Å². The first-order valence-electron chi connectivity index (χ1n) is 9.29. The summed E-state index contributed by atoms with van der Waals surface area (Å²) in [5.74, 6) is -0.216. The summed E-state index contributed by atoms with van der Waals surface area (Å²) in [5, 5.41) is 2.12. The molecule has 7 nitrogen and oxygen atoms in total. The van der Waals surface area contributed by atoms with Gasteiger partial charge in [0.15, 0.2) is 0 Å². The van der Waals surface area contributed by atoms with Gasteiger partial charge in [-0.15, -0.1) is 0 Å². The number of nitrogens with one attached hydrogen (secondary N) is 1. The summed E-state index contributed by atoms with van der Waals surface area (Å²) in [6, 6.07) is 9.55. The predicted molar refractivity (Wildman–Crippen MR) is 102 cm³/mol. The number of rotatable bonds is 5. The number of carbonyl (C=O) groups is 2. The fraction of sp³-hybridized carbons (Fsp3) is 0.579. The second kappa shape index (κ2) is 7.59. The highest BCUT2D eigenvalue weighted by Gasteiger charge is 2.51. The molecular weight excluding hydrogens is 366 g/mol. The third-order valence-corrected chi connectivity index (χ3v) is 7.75. The third kappa shape index (κ3) is 3.87. The summed E-state index contributed by atoms with van der Waals surface area (Å²) >= 11 is 0. The van der Waals surface area contributed by atoms with Crippen LogP contribution >= 0.6 is 0 Å². The topological polar surface area (TPSA) is 86.8 Å². The highest BCUT2D eigenvalue weighted by Crippen LogP contribution is 2.45. The van der Waals surface area contributed by atoms with E-state index in [1.807, 2.05) is 30.3 Å². The van der Waals surface area contributed by atoms with Gasteiger partial charge in [-0.25, -0.2) is 12.7 Å². The average Bonchev–Trinajstić information content (AvgIpc) is 3.18. The van der Waals surface area contributed by atoms with Gasteiger partial charge in [0.25, 0.3) is 0 Å². The van der Waals surface area contributed by atoms with Crippen molar-refractivity contribution in [3.8, 4) is 0 Å². The van der Waals surface area contributed by atoms with E-state index in [2.05, 4.69) is 5.32 Å². The smallest absolute Gasteiger partial charge is 0.242 e. The minimum Gasteiger partial charge on any atom is -0.347 e. The van der Waals surface area contributed by atoms with Gasteiger partial charge in [0.05, 0.1) is 17.8 Å². The minimum absolute atomic E-state index is 0.0356. The first-order valence-corrected chi connectivity index (χ1v) is 10.8. The molecule has 0 radical (unpaired) electrons. The second-order valence-electron chi connectivity index (χ2n) is 7.65. The van der Waals surface area contributed by atoms with Crippen molar-refractivity contribution in [3.63, 3.8) is 0 Å². The minimum atomic E-state index is -3.31. The molecule has 0 unspecified atom stereocenters. The van der Waals surface area contributed by atoms with Gasteiger partial charge in [-0.3, -0.25) is 9.59 Å². The summed E-state index contributed by atoms with van der Waals surface area (Å²) in [6.07, 6.45) is 0. The van der Waals surface area contributed by atoms with Gasteiger partial charge in [-0.1, -0.05) is 30.3 Å². The molecule has 8 heteroatoms. The lowest BCUT2D eigenvalue weighted by Crippen LogP contribution is -2.42. The Morgan fingerprint density at radius 2 is 1.81 bits per heavy atom. The number of nitrogens with zero attached hydrogens (tertiary/aromatic N) is 2. The predicted octanol–water partition coefficient (Wildman–Crippen LogP) is 0.992. The lowest BCUT2D eigenvalue weighted by Gasteiger charge is -2.30. The second-order valence-corrected chi connectivity index (χ2v) is 10.1. The number of fused-ring (bicyclic) bond motifs is 1. The van der Waals surface area contributed by atoms with Gasteiger partial charge < -0.3 is 10.2 Å². The van der Waals surface area contributed by atoms with Gasteiger partial charge in [0.1, 0.15) is 0 Å². The van der Waals surface area contributed by atoms with E-state index in [9.17, 15) is 18.0 Å². The standard InChI is InChI=1S/C19H27N3O4S/c1-13(2)27(25,26)21-10-16-11-22(18(24)9-20-14(3)23)19(17(16)12-21)15-7-5-4-6-8-15/h4-8,13,16-17,19H,9-12H2,1-3H3,(H,20,23)/t16-,17-,19+/m0/s1. The van der Waals surface area contributed by atoms with Crippen LogP contribution in [-0.2, 0) is 19.6 Å². The van der Waals surface area contributed by atoms with Crippen LogP contribution in [0.15, 0.2) is 30.3 Å². The fourth-order valence-corrected chi connectivity index (χ4v) is 5.52. The fourth-order valence-electron chi connectivity index (χ4n) is 4.15. The first kappa shape index (κ1) is 19.8. The summed E-state index contributed by atoms with van der Waals surface area (Å²) in [5.41, 5.74) is 1.00. The molecule has 1 aromatic rings. The lowest BCUT2D eigenvalue weighted by atomic mass is 9.89. The van der Waals surface area contributed by atoms with E-state index in [4.69, 9.17) is 0 Å². The number of sulfonamides is 1. The van der Waals surface area contributed by atoms with Crippen molar-refractivity contribution in [2.24, 2.45) is 11.8 Å². The van der Waals surface area contributed by atoms with Crippen molar-refractivity contribution in [2.45, 2.75) is 32.1 Å². The van der Waals surface area contributed by atoms with Gasteiger partial charge in [-0.2, -0.15) is 0 Å². The molecule has 2 saturated heterocycles. The molecule has 2 fully saturated rings. The highest BCUT2D eigenvalue weighted by atomic mass is 32.2. The number of likely N-dealkylation sites (tertiary alicyclic amines) is 1. The number of amides is 2. The maximum Gasteiger partial charge on any atom is 0.242 e. The van der Waals surface area contributed by atoms with Crippen LogP contribution in [0.5, 0.6) is 0 Å². The molecule has 0 saturated carbocycles. The number of benzene rings is 1. The quantitative estimate of drug-likeness (QED) is 0.808. The van der Waals surface area contributed by atoms with E-state index in [-0.39, 0.29) is 36.2 Å². The molecular formula is C19H27N3O4S. The molecule has 0 bridgehead atoms. The molecule has 2 heterocycles. The molecule has 1 N–H and O–H groups in total. The molecule has 0 aromatic heterocycles. The van der Waals surface area contributed by atoms with Crippen LogP contribution in [0.4, 0.5) is 0 Å². The first-order chi connectivity index (χ1) is 12.7. The van der Waals surface area contributed by atoms with Gasteiger partial charge >= 0.3 is 0 Å². The van der Waals surface area contributed by atoms with Gasteiger partial charge in [0, 0.05) is 32.5 Å². The Hall–Kier alpha value is -1.93. The van der Waals surface area contributed by atoms with Crippen LogP contribution in [0.25, 0.3) is 0 Å². The molecule has 2 aliphatic heterocycles. The highest BCUT2D eigenvalue weighted by molar-refractivity contribution is 7.89. The molecule has 0 aliphatic carbocycles. The monoisotopic (exact) mass is 393 g/mol. The molecule has 1 aromatic carbocycles. The molecule has 3 rings (SSSR count). The number of carbonyl (C=O) groups excluding carboxylic acids is 2. The molecule has 0 spiro atoms. The zero-order valence-corrected chi connectivity index (χ0v) is 16.8. The zero-order chi connectivity index (χ0) is 19.8. The van der Waals surface area contributed by atoms with E-state index in [0.29, 0.717) is 19.6 Å². The maximum absolute atomic E-state index is 12.7. The van der Waals surface area contributed by atoms with Crippen molar-refractivity contribution in [2.75, 3.05) is 26.2 Å². The van der Waals surface area contributed by atoms with Crippen LogP contribution in [0.2, 0.25) is 0 Å². The summed E-state index contributed by atoms with van der Waals surface area (Å²) in [4.78, 5) is 25.7. The molecule has 2 amide bonds. The zero-order valence-electron chi connectivity index (χ0n) is 16.0. The van der Waals surface area contributed by atoms with Crippen molar-refractivity contribution in [3.05, 3.63) is 35.9 Å². The SMILES string of the molecule is CC(=O)NCC(=O)N1C[C@@H]2CN(S(=O)(=O)C(C)C)C[C@@H]2[C@H]1c1ccccc1. The van der Waals surface area contributed by atoms with Gasteiger partial charge in [-0.05, 0) is 25.3 Å². The Bertz CT molecular complexity index is 810. The van der Waals surface area contributed by atoms with Crippen LogP contribution in [0.1, 0.15) is 32.4 Å².